The van der Waals surface area contributed by atoms with Crippen LogP contribution in [0.1, 0.15) is 51.5 Å². The summed E-state index contributed by atoms with van der Waals surface area (Å²) in [6, 6.07) is 0. The Balaban J connectivity index is 1.86. The van der Waals surface area contributed by atoms with E-state index < -0.39 is 0 Å². The molecule has 0 radical (unpaired) electrons. The largest absolute Gasteiger partial charge is 0.455 e. The highest BCUT2D eigenvalue weighted by Crippen LogP contribution is 2.30. The topological polar surface area (TPSA) is 53.8 Å². The van der Waals surface area contributed by atoms with Crippen molar-refractivity contribution in [2.45, 2.75) is 32.6 Å². The summed E-state index contributed by atoms with van der Waals surface area (Å²) in [7, 11) is 2.07. The third kappa shape index (κ3) is 2.62. The van der Waals surface area contributed by atoms with Gasteiger partial charge in [-0.25, -0.2) is 0 Å². The van der Waals surface area contributed by atoms with Gasteiger partial charge in [0.15, 0.2) is 11.5 Å². The summed E-state index contributed by atoms with van der Waals surface area (Å²) in [5.41, 5.74) is 1.40. The number of hydrogen-bond donors (Lipinski definition) is 0. The molecule has 1 aromatic rings. The zero-order valence-electron chi connectivity index (χ0n) is 12.8. The lowest BCUT2D eigenvalue weighted by Crippen LogP contribution is -2.34. The molecule has 1 amide bonds. The van der Waals surface area contributed by atoms with Crippen molar-refractivity contribution >= 4 is 11.7 Å². The molecule has 1 aliphatic heterocycles. The number of furan rings is 1. The second kappa shape index (κ2) is 5.64. The van der Waals surface area contributed by atoms with Gasteiger partial charge in [-0.05, 0) is 33.4 Å². The molecule has 1 saturated heterocycles. The number of aryl methyl sites for hydroxylation is 1. The highest BCUT2D eigenvalue weighted by Gasteiger charge is 2.31. The van der Waals surface area contributed by atoms with Gasteiger partial charge in [-0.15, -0.1) is 0 Å². The van der Waals surface area contributed by atoms with Gasteiger partial charge in [-0.2, -0.15) is 0 Å². The van der Waals surface area contributed by atoms with Crippen LogP contribution in [0.5, 0.6) is 0 Å². The normalized spacial score (nSPS) is 20.3. The molecule has 5 nitrogen and oxygen atoms in total. The maximum atomic E-state index is 12.7. The first-order valence-electron chi connectivity index (χ1n) is 7.71. The monoisotopic (exact) mass is 290 g/mol. The van der Waals surface area contributed by atoms with E-state index in [-0.39, 0.29) is 11.7 Å². The van der Waals surface area contributed by atoms with E-state index in [9.17, 15) is 9.59 Å². The third-order valence-electron chi connectivity index (χ3n) is 4.51. The molecule has 0 unspecified atom stereocenters. The number of carbonyl (C=O) groups excluding carboxylic acids is 2. The van der Waals surface area contributed by atoms with Crippen molar-refractivity contribution < 1.29 is 14.0 Å². The van der Waals surface area contributed by atoms with Gasteiger partial charge in [0.2, 0.25) is 0 Å². The predicted octanol–water partition coefficient (Wildman–Crippen LogP) is 1.88. The lowest BCUT2D eigenvalue weighted by molar-refractivity contribution is 0.0727. The minimum atomic E-state index is -0.0648. The van der Waals surface area contributed by atoms with E-state index in [1.165, 1.54) is 0 Å². The Bertz CT molecular complexity index is 576. The van der Waals surface area contributed by atoms with Crippen LogP contribution in [-0.4, -0.2) is 54.7 Å². The molecule has 0 spiro atoms. The van der Waals surface area contributed by atoms with Crippen molar-refractivity contribution in [3.63, 3.8) is 0 Å². The second-order valence-electron chi connectivity index (χ2n) is 6.08. The first-order valence-corrected chi connectivity index (χ1v) is 7.71. The van der Waals surface area contributed by atoms with Crippen molar-refractivity contribution in [2.24, 2.45) is 0 Å². The summed E-state index contributed by atoms with van der Waals surface area (Å²) in [5, 5.41) is 0. The molecular weight excluding hydrogens is 268 g/mol. The van der Waals surface area contributed by atoms with E-state index >= 15 is 0 Å². The van der Waals surface area contributed by atoms with Crippen molar-refractivity contribution in [1.29, 1.82) is 0 Å². The second-order valence-corrected chi connectivity index (χ2v) is 6.08. The van der Waals surface area contributed by atoms with Gasteiger partial charge in [-0.3, -0.25) is 9.59 Å². The van der Waals surface area contributed by atoms with Gasteiger partial charge in [0.25, 0.3) is 5.91 Å². The smallest absolute Gasteiger partial charge is 0.289 e. The molecule has 5 heteroatoms. The Morgan fingerprint density at radius 2 is 1.90 bits per heavy atom. The van der Waals surface area contributed by atoms with Gasteiger partial charge in [-0.1, -0.05) is 0 Å². The lowest BCUT2D eigenvalue weighted by Gasteiger charge is -2.19. The van der Waals surface area contributed by atoms with E-state index in [2.05, 4.69) is 11.9 Å². The van der Waals surface area contributed by atoms with Gasteiger partial charge in [0.1, 0.15) is 5.76 Å². The summed E-state index contributed by atoms with van der Waals surface area (Å²) in [6.07, 6.45) is 3.12. The Morgan fingerprint density at radius 3 is 2.67 bits per heavy atom. The molecule has 0 N–H and O–H groups in total. The fourth-order valence-electron chi connectivity index (χ4n) is 3.25. The Hall–Kier alpha value is -1.62. The van der Waals surface area contributed by atoms with Gasteiger partial charge >= 0.3 is 0 Å². The highest BCUT2D eigenvalue weighted by molar-refractivity contribution is 6.03. The Morgan fingerprint density at radius 1 is 1.10 bits per heavy atom. The molecule has 0 atom stereocenters. The maximum Gasteiger partial charge on any atom is 0.289 e. The number of Topliss-reactive ketones (excluding diaryl/α,β-unsaturated/α-hetero) is 1. The minimum Gasteiger partial charge on any atom is -0.455 e. The molecule has 114 valence electrons. The fraction of sp³-hybridized carbons (Fsp3) is 0.625. The van der Waals surface area contributed by atoms with Gasteiger partial charge in [0, 0.05) is 38.0 Å². The van der Waals surface area contributed by atoms with Gasteiger partial charge in [0.05, 0.1) is 5.56 Å². The SMILES string of the molecule is Cc1c(C(=O)N2CCCN(C)CC2)oc2c1C(=O)CCC2. The quantitative estimate of drug-likeness (QED) is 0.792. The van der Waals surface area contributed by atoms with Crippen molar-refractivity contribution in [3.8, 4) is 0 Å². The van der Waals surface area contributed by atoms with E-state index in [4.69, 9.17) is 4.42 Å². The maximum absolute atomic E-state index is 12.7. The van der Waals surface area contributed by atoms with Crippen LogP contribution in [0.25, 0.3) is 0 Å². The van der Waals surface area contributed by atoms with E-state index in [1.54, 1.807) is 0 Å². The number of likely N-dealkylation sites (N-methyl/N-ethyl adjacent to an activating group) is 1. The Labute approximate surface area is 124 Å². The molecule has 0 saturated carbocycles. The number of amides is 1. The predicted molar refractivity (Wildman–Crippen MR) is 78.7 cm³/mol. The fourth-order valence-corrected chi connectivity index (χ4v) is 3.25. The summed E-state index contributed by atoms with van der Waals surface area (Å²) in [5.74, 6) is 1.14. The molecule has 3 rings (SSSR count). The third-order valence-corrected chi connectivity index (χ3v) is 4.51. The summed E-state index contributed by atoms with van der Waals surface area (Å²) in [6.45, 7) is 5.19. The van der Waals surface area contributed by atoms with Crippen LogP contribution in [0.2, 0.25) is 0 Å². The van der Waals surface area contributed by atoms with Crippen molar-refractivity contribution in [2.75, 3.05) is 33.2 Å². The molecule has 1 aliphatic carbocycles. The number of nitrogens with zero attached hydrogens (tertiary/aromatic N) is 2. The van der Waals surface area contributed by atoms with Crippen LogP contribution >= 0.6 is 0 Å². The van der Waals surface area contributed by atoms with Crippen LogP contribution < -0.4 is 0 Å². The lowest BCUT2D eigenvalue weighted by atomic mass is 9.94. The first-order chi connectivity index (χ1) is 10.1. The summed E-state index contributed by atoms with van der Waals surface area (Å²) < 4.78 is 5.76. The average Bonchev–Trinajstić information content (AvgIpc) is 2.65. The number of ketones is 1. The molecule has 0 aromatic carbocycles. The zero-order chi connectivity index (χ0) is 15.0. The molecule has 2 heterocycles. The standard InChI is InChI=1S/C16H22N2O3/c1-11-14-12(19)5-3-6-13(14)21-15(11)16(20)18-8-4-7-17(2)9-10-18/h3-10H2,1-2H3. The number of fused-ring (bicyclic) bond motifs is 1. The van der Waals surface area contributed by atoms with Crippen LogP contribution in [0.15, 0.2) is 4.42 Å². The first kappa shape index (κ1) is 14.3. The van der Waals surface area contributed by atoms with E-state index in [0.29, 0.717) is 30.0 Å². The molecule has 21 heavy (non-hydrogen) atoms. The van der Waals surface area contributed by atoms with E-state index in [0.717, 1.165) is 44.5 Å². The molecule has 0 bridgehead atoms. The number of hydrogen-bond acceptors (Lipinski definition) is 4. The minimum absolute atomic E-state index is 0.0648. The van der Waals surface area contributed by atoms with Crippen LogP contribution in [0, 0.1) is 6.92 Å². The van der Waals surface area contributed by atoms with Crippen molar-refractivity contribution in [1.82, 2.24) is 9.80 Å². The van der Waals surface area contributed by atoms with Crippen molar-refractivity contribution in [3.05, 3.63) is 22.6 Å². The van der Waals surface area contributed by atoms with E-state index in [1.807, 2.05) is 11.8 Å². The van der Waals surface area contributed by atoms with Crippen LogP contribution in [0.4, 0.5) is 0 Å². The Kier molecular flexibility index (Phi) is 3.85. The zero-order valence-corrected chi connectivity index (χ0v) is 12.8. The molecule has 1 fully saturated rings. The van der Waals surface area contributed by atoms with Gasteiger partial charge < -0.3 is 14.2 Å². The number of rotatable bonds is 1. The molecule has 2 aliphatic rings. The van der Waals surface area contributed by atoms with Crippen LogP contribution in [0.3, 0.4) is 0 Å². The summed E-state index contributed by atoms with van der Waals surface area (Å²) >= 11 is 0. The molecular formula is C16H22N2O3. The average molecular weight is 290 g/mol. The summed E-state index contributed by atoms with van der Waals surface area (Å²) in [4.78, 5) is 28.8. The highest BCUT2D eigenvalue weighted by atomic mass is 16.4. The van der Waals surface area contributed by atoms with Crippen LogP contribution in [-0.2, 0) is 6.42 Å². The molecule has 1 aromatic heterocycles. The number of carbonyl (C=O) groups is 2.